The zero-order chi connectivity index (χ0) is 20.0. The van der Waals surface area contributed by atoms with Crippen molar-refractivity contribution in [2.24, 2.45) is 0 Å². The molecule has 0 radical (unpaired) electrons. The Labute approximate surface area is 164 Å². The Balaban J connectivity index is 1.32. The summed E-state index contributed by atoms with van der Waals surface area (Å²) in [7, 11) is 0. The minimum Gasteiger partial charge on any atom is -0.336 e. The molecular formula is C19H18F2N6O2. The zero-order valence-electron chi connectivity index (χ0n) is 15.5. The van der Waals surface area contributed by atoms with Gasteiger partial charge in [0, 0.05) is 19.0 Å². The number of aromatic nitrogens is 5. The van der Waals surface area contributed by atoms with E-state index >= 15 is 0 Å². The normalized spacial score (nSPS) is 19.5. The van der Waals surface area contributed by atoms with Crippen LogP contribution in [0.1, 0.15) is 53.8 Å². The van der Waals surface area contributed by atoms with Crippen molar-refractivity contribution in [3.8, 4) is 11.6 Å². The van der Waals surface area contributed by atoms with E-state index in [0.29, 0.717) is 36.4 Å². The number of likely N-dealkylation sites (tertiary alicyclic amines) is 1. The third kappa shape index (κ3) is 3.50. The molecule has 10 heteroatoms. The maximum atomic E-state index is 14.0. The number of benzene rings is 1. The second-order valence-electron chi connectivity index (χ2n) is 7.49. The van der Waals surface area contributed by atoms with Crippen molar-refractivity contribution in [2.45, 2.75) is 37.6 Å². The van der Waals surface area contributed by atoms with Crippen LogP contribution in [-0.4, -0.2) is 49.0 Å². The Morgan fingerprint density at radius 3 is 2.90 bits per heavy atom. The molecule has 2 fully saturated rings. The molecule has 3 heterocycles. The molecule has 0 bridgehead atoms. The molecule has 1 unspecified atom stereocenters. The van der Waals surface area contributed by atoms with Crippen LogP contribution >= 0.6 is 0 Å². The highest BCUT2D eigenvalue weighted by Gasteiger charge is 2.31. The van der Waals surface area contributed by atoms with Crippen molar-refractivity contribution in [3.05, 3.63) is 47.4 Å². The van der Waals surface area contributed by atoms with Gasteiger partial charge >= 0.3 is 0 Å². The molecule has 1 aromatic carbocycles. The van der Waals surface area contributed by atoms with E-state index in [0.717, 1.165) is 43.9 Å². The van der Waals surface area contributed by atoms with Crippen LogP contribution < -0.4 is 0 Å². The van der Waals surface area contributed by atoms with Crippen LogP contribution in [0.3, 0.4) is 0 Å². The molecule has 2 aliphatic rings. The van der Waals surface area contributed by atoms with E-state index in [1.165, 1.54) is 4.90 Å². The van der Waals surface area contributed by atoms with Gasteiger partial charge in [-0.15, -0.1) is 5.10 Å². The molecule has 150 valence electrons. The largest absolute Gasteiger partial charge is 0.336 e. The highest BCUT2D eigenvalue weighted by atomic mass is 19.1. The number of hydrogen-bond donors (Lipinski definition) is 0. The lowest BCUT2D eigenvalue weighted by Crippen LogP contribution is -2.41. The van der Waals surface area contributed by atoms with Crippen molar-refractivity contribution in [2.75, 3.05) is 13.1 Å². The summed E-state index contributed by atoms with van der Waals surface area (Å²) in [6, 6.07) is 2.76. The molecule has 1 aliphatic heterocycles. The first kappa shape index (κ1) is 17.9. The van der Waals surface area contributed by atoms with Gasteiger partial charge in [-0.25, -0.2) is 13.5 Å². The summed E-state index contributed by atoms with van der Waals surface area (Å²) in [6.07, 6.45) is 5.36. The molecule has 29 heavy (non-hydrogen) atoms. The number of halogens is 2. The summed E-state index contributed by atoms with van der Waals surface area (Å²) in [5.41, 5.74) is 0.215. The minimum absolute atomic E-state index is 0.128. The Kier molecular flexibility index (Phi) is 4.33. The number of carbonyl (C=O) groups excluding carboxylic acids is 1. The lowest BCUT2D eigenvalue weighted by atomic mass is 10.0. The van der Waals surface area contributed by atoms with Crippen LogP contribution in [-0.2, 0) is 0 Å². The van der Waals surface area contributed by atoms with Crippen molar-refractivity contribution in [1.29, 1.82) is 0 Å². The molecule has 0 spiro atoms. The van der Waals surface area contributed by atoms with E-state index in [1.807, 2.05) is 0 Å². The van der Waals surface area contributed by atoms with Gasteiger partial charge in [-0.3, -0.25) is 4.79 Å². The fraction of sp³-hybridized carbons (Fsp3) is 0.421. The van der Waals surface area contributed by atoms with Gasteiger partial charge in [0.05, 0.1) is 17.8 Å². The van der Waals surface area contributed by atoms with Crippen molar-refractivity contribution in [3.63, 3.8) is 0 Å². The number of amides is 1. The first-order valence-electron chi connectivity index (χ1n) is 9.58. The zero-order valence-corrected chi connectivity index (χ0v) is 15.5. The van der Waals surface area contributed by atoms with E-state index in [4.69, 9.17) is 4.52 Å². The standard InChI is InChI=1S/C19H18F2N6O2/c20-12-5-6-15(21)14(8-12)19(28)26-7-1-2-13(9-26)27-10-16(23-25-27)18-22-17(24-29-18)11-3-4-11/h5-6,8,10-11,13H,1-4,7,9H2. The molecule has 2 aromatic heterocycles. The van der Waals surface area contributed by atoms with Gasteiger partial charge in [-0.1, -0.05) is 10.4 Å². The summed E-state index contributed by atoms with van der Waals surface area (Å²) in [5, 5.41) is 12.2. The van der Waals surface area contributed by atoms with E-state index in [1.54, 1.807) is 10.9 Å². The van der Waals surface area contributed by atoms with Crippen LogP contribution in [0.25, 0.3) is 11.6 Å². The fourth-order valence-corrected chi connectivity index (χ4v) is 3.59. The number of hydrogen-bond acceptors (Lipinski definition) is 6. The second kappa shape index (κ2) is 7.02. The summed E-state index contributed by atoms with van der Waals surface area (Å²) < 4.78 is 34.4. The van der Waals surface area contributed by atoms with E-state index in [2.05, 4.69) is 20.5 Å². The molecule has 8 nitrogen and oxygen atoms in total. The van der Waals surface area contributed by atoms with Crippen molar-refractivity contribution < 1.29 is 18.1 Å². The summed E-state index contributed by atoms with van der Waals surface area (Å²) in [6.45, 7) is 0.802. The molecule has 5 rings (SSSR count). The van der Waals surface area contributed by atoms with Gasteiger partial charge < -0.3 is 9.42 Å². The van der Waals surface area contributed by atoms with Crippen LogP contribution in [0.5, 0.6) is 0 Å². The first-order valence-corrected chi connectivity index (χ1v) is 9.58. The van der Waals surface area contributed by atoms with Gasteiger partial charge in [0.1, 0.15) is 11.6 Å². The molecule has 1 atom stereocenters. The Bertz CT molecular complexity index is 1060. The third-order valence-electron chi connectivity index (χ3n) is 5.33. The maximum Gasteiger partial charge on any atom is 0.280 e. The predicted octanol–water partition coefficient (Wildman–Crippen LogP) is 2.96. The Hall–Kier alpha value is -3.17. The van der Waals surface area contributed by atoms with Crippen molar-refractivity contribution in [1.82, 2.24) is 30.0 Å². The van der Waals surface area contributed by atoms with E-state index < -0.39 is 17.5 Å². The van der Waals surface area contributed by atoms with Crippen LogP contribution in [0.2, 0.25) is 0 Å². The molecule has 1 saturated carbocycles. The minimum atomic E-state index is -0.732. The number of nitrogens with zero attached hydrogens (tertiary/aromatic N) is 6. The number of carbonyl (C=O) groups is 1. The average Bonchev–Trinajstić information content (AvgIpc) is 3.26. The summed E-state index contributed by atoms with van der Waals surface area (Å²) >= 11 is 0. The lowest BCUT2D eigenvalue weighted by Gasteiger charge is -2.32. The molecule has 1 aliphatic carbocycles. The monoisotopic (exact) mass is 400 g/mol. The van der Waals surface area contributed by atoms with Crippen molar-refractivity contribution >= 4 is 5.91 Å². The molecule has 1 saturated heterocycles. The van der Waals surface area contributed by atoms with Gasteiger partial charge in [-0.05, 0) is 43.9 Å². The summed E-state index contributed by atoms with van der Waals surface area (Å²) in [4.78, 5) is 18.6. The van der Waals surface area contributed by atoms with E-state index in [9.17, 15) is 13.6 Å². The van der Waals surface area contributed by atoms with Gasteiger partial charge in [0.2, 0.25) is 0 Å². The molecule has 0 N–H and O–H groups in total. The van der Waals surface area contributed by atoms with Crippen LogP contribution in [0, 0.1) is 11.6 Å². The Morgan fingerprint density at radius 2 is 2.07 bits per heavy atom. The molecule has 1 amide bonds. The lowest BCUT2D eigenvalue weighted by molar-refractivity contribution is 0.0666. The van der Waals surface area contributed by atoms with E-state index in [-0.39, 0.29) is 11.6 Å². The van der Waals surface area contributed by atoms with Gasteiger partial charge in [0.15, 0.2) is 11.5 Å². The number of rotatable bonds is 4. The highest BCUT2D eigenvalue weighted by Crippen LogP contribution is 2.38. The maximum absolute atomic E-state index is 14.0. The van der Waals surface area contributed by atoms with Gasteiger partial charge in [-0.2, -0.15) is 4.98 Å². The predicted molar refractivity (Wildman–Crippen MR) is 95.8 cm³/mol. The second-order valence-corrected chi connectivity index (χ2v) is 7.49. The summed E-state index contributed by atoms with van der Waals surface area (Å²) in [5.74, 6) is -0.509. The molecular weight excluding hydrogens is 382 g/mol. The van der Waals surface area contributed by atoms with Gasteiger partial charge in [0.25, 0.3) is 11.8 Å². The average molecular weight is 400 g/mol. The fourth-order valence-electron chi connectivity index (χ4n) is 3.59. The van der Waals surface area contributed by atoms with Crippen LogP contribution in [0.4, 0.5) is 8.78 Å². The topological polar surface area (TPSA) is 89.9 Å². The highest BCUT2D eigenvalue weighted by molar-refractivity contribution is 5.94. The SMILES string of the molecule is O=C(c1cc(F)ccc1F)N1CCCC(n2cc(-c3nc(C4CC4)no3)nn2)C1. The van der Waals surface area contributed by atoms with Crippen LogP contribution in [0.15, 0.2) is 28.9 Å². The third-order valence-corrected chi connectivity index (χ3v) is 5.33. The first-order chi connectivity index (χ1) is 14.1. The quantitative estimate of drug-likeness (QED) is 0.669. The molecule has 3 aromatic rings. The Morgan fingerprint density at radius 1 is 1.21 bits per heavy atom. The number of piperidine rings is 1. The smallest absolute Gasteiger partial charge is 0.280 e.